The fraction of sp³-hybridized carbons (Fsp3) is 0.261. The smallest absolute Gasteiger partial charge is 0.307 e. The predicted octanol–water partition coefficient (Wildman–Crippen LogP) is 3.41. The zero-order valence-corrected chi connectivity index (χ0v) is 16.4. The van der Waals surface area contributed by atoms with Crippen LogP contribution in [0.2, 0.25) is 0 Å². The van der Waals surface area contributed by atoms with Crippen LogP contribution in [-0.2, 0) is 9.59 Å². The van der Waals surface area contributed by atoms with Crippen LogP contribution in [0.1, 0.15) is 16.8 Å². The van der Waals surface area contributed by atoms with Crippen LogP contribution in [0.3, 0.4) is 0 Å². The van der Waals surface area contributed by atoms with E-state index in [0.717, 1.165) is 0 Å². The van der Waals surface area contributed by atoms with Crippen LogP contribution < -0.4 is 15.4 Å². The number of amides is 2. The van der Waals surface area contributed by atoms with Gasteiger partial charge in [-0.1, -0.05) is 18.2 Å². The molecule has 4 rings (SSSR count). The van der Waals surface area contributed by atoms with Gasteiger partial charge in [0.15, 0.2) is 0 Å². The first-order valence-corrected chi connectivity index (χ1v) is 9.73. The van der Waals surface area contributed by atoms with Gasteiger partial charge in [0.25, 0.3) is 5.91 Å². The van der Waals surface area contributed by atoms with E-state index in [4.69, 9.17) is 4.74 Å². The molecule has 2 amide bonds. The molecule has 2 aliphatic carbocycles. The zero-order chi connectivity index (χ0) is 21.3. The lowest BCUT2D eigenvalue weighted by Gasteiger charge is -2.23. The molecular weight excluding hydrogens is 384 g/mol. The number of allylic oxidation sites excluding steroid dienone is 2. The minimum Gasteiger partial charge on any atom is -0.497 e. The van der Waals surface area contributed by atoms with Gasteiger partial charge in [-0.05, 0) is 60.7 Å². The number of rotatable bonds is 6. The topological polar surface area (TPSA) is 105 Å². The first-order chi connectivity index (χ1) is 14.5. The van der Waals surface area contributed by atoms with Gasteiger partial charge in [0.05, 0.1) is 18.9 Å². The van der Waals surface area contributed by atoms with Gasteiger partial charge >= 0.3 is 5.97 Å². The molecule has 3 N–H and O–H groups in total. The summed E-state index contributed by atoms with van der Waals surface area (Å²) in [7, 11) is 1.54. The highest BCUT2D eigenvalue weighted by molar-refractivity contribution is 6.04. The second-order valence-electron chi connectivity index (χ2n) is 7.59. The monoisotopic (exact) mass is 406 g/mol. The molecule has 2 aromatic carbocycles. The molecule has 0 radical (unpaired) electrons. The number of carboxylic acids is 1. The minimum absolute atomic E-state index is 0.0301. The van der Waals surface area contributed by atoms with Crippen molar-refractivity contribution in [3.05, 3.63) is 66.2 Å². The number of carbonyl (C=O) groups is 3. The molecule has 4 atom stereocenters. The van der Waals surface area contributed by atoms with Crippen LogP contribution in [0, 0.1) is 23.7 Å². The van der Waals surface area contributed by atoms with Gasteiger partial charge in [-0.3, -0.25) is 14.4 Å². The van der Waals surface area contributed by atoms with Gasteiger partial charge in [0, 0.05) is 16.9 Å². The molecule has 1 saturated carbocycles. The molecule has 0 aliphatic heterocycles. The molecule has 154 valence electrons. The molecule has 0 heterocycles. The highest BCUT2D eigenvalue weighted by atomic mass is 16.5. The van der Waals surface area contributed by atoms with Crippen molar-refractivity contribution in [2.24, 2.45) is 23.7 Å². The summed E-state index contributed by atoms with van der Waals surface area (Å²) in [5, 5.41) is 15.1. The minimum atomic E-state index is -0.928. The molecule has 2 bridgehead atoms. The third-order valence-corrected chi connectivity index (χ3v) is 5.79. The van der Waals surface area contributed by atoms with Crippen LogP contribution in [0.4, 0.5) is 11.4 Å². The van der Waals surface area contributed by atoms with Crippen molar-refractivity contribution in [3.63, 3.8) is 0 Å². The molecule has 0 spiro atoms. The number of fused-ring (bicyclic) bond motifs is 2. The summed E-state index contributed by atoms with van der Waals surface area (Å²) in [6, 6.07) is 13.6. The molecule has 2 aromatic rings. The zero-order valence-electron chi connectivity index (χ0n) is 16.4. The lowest BCUT2D eigenvalue weighted by Crippen LogP contribution is -2.36. The summed E-state index contributed by atoms with van der Waals surface area (Å²) in [5.74, 6) is -2.24. The van der Waals surface area contributed by atoms with E-state index in [9.17, 15) is 19.5 Å². The number of carbonyl (C=O) groups excluding carboxylic acids is 2. The van der Waals surface area contributed by atoms with Crippen molar-refractivity contribution in [1.82, 2.24) is 0 Å². The lowest BCUT2D eigenvalue weighted by molar-refractivity contribution is -0.146. The average molecular weight is 406 g/mol. The van der Waals surface area contributed by atoms with Crippen molar-refractivity contribution in [3.8, 4) is 5.75 Å². The largest absolute Gasteiger partial charge is 0.497 e. The molecule has 0 saturated heterocycles. The number of carboxylic acid groups (broad SMARTS) is 1. The molecule has 0 unspecified atom stereocenters. The standard InChI is InChI=1S/C23H22N2O5/c1-30-18-4-2-3-15(12-18)21(26)24-16-7-9-17(10-8-16)25-22(27)19-13-5-6-14(11-13)20(19)23(28)29/h2-10,12-14,19-20H,11H2,1H3,(H,24,26)(H,25,27)(H,28,29)/t13-,14-,19+,20-/m0/s1. The number of anilines is 2. The SMILES string of the molecule is COc1cccc(C(=O)Nc2ccc(NC(=O)[C@H]3[C@@H](C(=O)O)[C@H]4C=C[C@H]3C4)cc2)c1. The van der Waals surface area contributed by atoms with Gasteiger partial charge in [-0.25, -0.2) is 0 Å². The maximum absolute atomic E-state index is 12.7. The summed E-state index contributed by atoms with van der Waals surface area (Å²) in [4.78, 5) is 36.7. The molecular formula is C23H22N2O5. The highest BCUT2D eigenvalue weighted by Gasteiger charge is 2.51. The van der Waals surface area contributed by atoms with Crippen LogP contribution in [0.15, 0.2) is 60.7 Å². The Morgan fingerprint density at radius 3 is 2.20 bits per heavy atom. The molecule has 7 heteroatoms. The fourth-order valence-electron chi connectivity index (χ4n) is 4.35. The van der Waals surface area contributed by atoms with E-state index in [-0.39, 0.29) is 23.7 Å². The highest BCUT2D eigenvalue weighted by Crippen LogP contribution is 2.48. The Kier molecular flexibility index (Phi) is 5.27. The number of benzene rings is 2. The number of ether oxygens (including phenoxy) is 1. The fourth-order valence-corrected chi connectivity index (χ4v) is 4.35. The van der Waals surface area contributed by atoms with Gasteiger partial charge in [-0.15, -0.1) is 0 Å². The first-order valence-electron chi connectivity index (χ1n) is 9.73. The quantitative estimate of drug-likeness (QED) is 0.638. The Morgan fingerprint density at radius 1 is 0.933 bits per heavy atom. The molecule has 30 heavy (non-hydrogen) atoms. The van der Waals surface area contributed by atoms with E-state index >= 15 is 0 Å². The van der Waals surface area contributed by atoms with Crippen molar-refractivity contribution in [1.29, 1.82) is 0 Å². The second-order valence-corrected chi connectivity index (χ2v) is 7.59. The third-order valence-electron chi connectivity index (χ3n) is 5.79. The Hall–Kier alpha value is -3.61. The Morgan fingerprint density at radius 2 is 1.57 bits per heavy atom. The summed E-state index contributed by atoms with van der Waals surface area (Å²) in [5.41, 5.74) is 1.60. The number of aliphatic carboxylic acids is 1. The Bertz CT molecular complexity index is 1010. The number of hydrogen-bond acceptors (Lipinski definition) is 4. The van der Waals surface area contributed by atoms with E-state index in [0.29, 0.717) is 29.1 Å². The second kappa shape index (κ2) is 8.02. The van der Waals surface area contributed by atoms with Gasteiger partial charge in [0.2, 0.25) is 5.91 Å². The van der Waals surface area contributed by atoms with Crippen molar-refractivity contribution >= 4 is 29.2 Å². The van der Waals surface area contributed by atoms with Crippen molar-refractivity contribution in [2.75, 3.05) is 17.7 Å². The Labute approximate surface area is 173 Å². The van der Waals surface area contributed by atoms with Crippen LogP contribution in [0.5, 0.6) is 5.75 Å². The summed E-state index contributed by atoms with van der Waals surface area (Å²) in [6.45, 7) is 0. The maximum Gasteiger partial charge on any atom is 0.307 e. The van der Waals surface area contributed by atoms with Crippen molar-refractivity contribution in [2.45, 2.75) is 6.42 Å². The van der Waals surface area contributed by atoms with Gasteiger partial charge in [0.1, 0.15) is 5.75 Å². The van der Waals surface area contributed by atoms with E-state index < -0.39 is 17.8 Å². The van der Waals surface area contributed by atoms with E-state index in [1.54, 1.807) is 48.5 Å². The molecule has 7 nitrogen and oxygen atoms in total. The number of methoxy groups -OCH3 is 1. The molecule has 0 aromatic heterocycles. The average Bonchev–Trinajstić information content (AvgIpc) is 3.37. The van der Waals surface area contributed by atoms with Gasteiger partial charge < -0.3 is 20.5 Å². The molecule has 2 aliphatic rings. The lowest BCUT2D eigenvalue weighted by atomic mass is 9.82. The van der Waals surface area contributed by atoms with Crippen LogP contribution in [-0.4, -0.2) is 30.0 Å². The van der Waals surface area contributed by atoms with E-state index in [2.05, 4.69) is 10.6 Å². The molecule has 1 fully saturated rings. The normalized spacial score (nSPS) is 23.8. The van der Waals surface area contributed by atoms with Gasteiger partial charge in [-0.2, -0.15) is 0 Å². The maximum atomic E-state index is 12.7. The summed E-state index contributed by atoms with van der Waals surface area (Å²) >= 11 is 0. The number of hydrogen-bond donors (Lipinski definition) is 3. The van der Waals surface area contributed by atoms with Crippen LogP contribution in [0.25, 0.3) is 0 Å². The third kappa shape index (κ3) is 3.78. The summed E-state index contributed by atoms with van der Waals surface area (Å²) in [6.07, 6.45) is 4.57. The predicted molar refractivity (Wildman–Crippen MR) is 111 cm³/mol. The van der Waals surface area contributed by atoms with Crippen molar-refractivity contribution < 1.29 is 24.2 Å². The number of nitrogens with one attached hydrogen (secondary N) is 2. The Balaban J connectivity index is 1.40. The van der Waals surface area contributed by atoms with E-state index in [1.807, 2.05) is 12.2 Å². The van der Waals surface area contributed by atoms with E-state index in [1.165, 1.54) is 7.11 Å². The van der Waals surface area contributed by atoms with Crippen LogP contribution >= 0.6 is 0 Å². The summed E-state index contributed by atoms with van der Waals surface area (Å²) < 4.78 is 5.13. The first kappa shape index (κ1) is 19.7.